The molecule has 0 bridgehead atoms. The normalized spacial score (nSPS) is 10.2. The largest absolute Gasteiger partial charge is 0.493 e. The Morgan fingerprint density at radius 3 is 2.62 bits per heavy atom. The van der Waals surface area contributed by atoms with Gasteiger partial charge in [-0.05, 0) is 30.7 Å². The molecule has 0 aliphatic rings. The number of nitrogens with one attached hydrogen (secondary N) is 2. The summed E-state index contributed by atoms with van der Waals surface area (Å²) in [5, 5.41) is 6.70. The van der Waals surface area contributed by atoms with Crippen LogP contribution in [-0.4, -0.2) is 31.7 Å². The highest BCUT2D eigenvalue weighted by atomic mass is 16.5. The number of nitrogens with zero attached hydrogens (tertiary/aromatic N) is 1. The van der Waals surface area contributed by atoms with Gasteiger partial charge in [0.25, 0.3) is 0 Å². The van der Waals surface area contributed by atoms with Crippen LogP contribution in [0.15, 0.2) is 47.6 Å². The number of ether oxygens (including phenoxy) is 2. The van der Waals surface area contributed by atoms with E-state index in [0.717, 1.165) is 11.3 Å². The van der Waals surface area contributed by atoms with Crippen LogP contribution >= 0.6 is 0 Å². The topological polar surface area (TPSA) is 89.0 Å². The van der Waals surface area contributed by atoms with Gasteiger partial charge in [0.2, 0.25) is 11.8 Å². The van der Waals surface area contributed by atoms with E-state index in [2.05, 4.69) is 21.8 Å². The van der Waals surface area contributed by atoms with E-state index in [-0.39, 0.29) is 31.3 Å². The highest BCUT2D eigenvalue weighted by Gasteiger charge is 2.10. The van der Waals surface area contributed by atoms with Crippen LogP contribution in [0.2, 0.25) is 0 Å². The molecule has 0 radical (unpaired) electrons. The molecule has 7 heteroatoms. The Morgan fingerprint density at radius 2 is 1.90 bits per heavy atom. The van der Waals surface area contributed by atoms with E-state index in [0.29, 0.717) is 17.1 Å². The van der Waals surface area contributed by atoms with Gasteiger partial charge in [-0.3, -0.25) is 9.59 Å². The standard InChI is InChI=1S/C22H23N3O4/c1-4-14-29-22-17(9-7-11-19(22)28-3)15-23-25-21(27)13-12-20(26)24-18-10-6-5-8-16(18)2/h1,5-11,15H,12-14H2,2-3H3,(H,24,26)(H,25,27). The summed E-state index contributed by atoms with van der Waals surface area (Å²) < 4.78 is 10.7. The van der Waals surface area contributed by atoms with Crippen LogP contribution in [-0.2, 0) is 9.59 Å². The maximum atomic E-state index is 12.0. The zero-order chi connectivity index (χ0) is 21.1. The van der Waals surface area contributed by atoms with Crippen molar-refractivity contribution in [3.8, 4) is 23.8 Å². The number of amides is 2. The highest BCUT2D eigenvalue weighted by Crippen LogP contribution is 2.29. The molecule has 2 amide bonds. The third-order valence-electron chi connectivity index (χ3n) is 3.92. The summed E-state index contributed by atoms with van der Waals surface area (Å²) in [6.07, 6.45) is 6.72. The monoisotopic (exact) mass is 393 g/mol. The molecule has 7 nitrogen and oxygen atoms in total. The number of hydrazone groups is 1. The lowest BCUT2D eigenvalue weighted by atomic mass is 10.2. The number of carbonyl (C=O) groups is 2. The van der Waals surface area contributed by atoms with Crippen molar-refractivity contribution in [1.82, 2.24) is 5.43 Å². The smallest absolute Gasteiger partial charge is 0.240 e. The Morgan fingerprint density at radius 1 is 1.14 bits per heavy atom. The maximum Gasteiger partial charge on any atom is 0.240 e. The zero-order valence-corrected chi connectivity index (χ0v) is 16.4. The minimum atomic E-state index is -0.379. The quantitative estimate of drug-likeness (QED) is 0.389. The molecule has 0 saturated heterocycles. The van der Waals surface area contributed by atoms with Gasteiger partial charge in [0.15, 0.2) is 11.5 Å². The first-order valence-electron chi connectivity index (χ1n) is 8.95. The molecule has 0 fully saturated rings. The van der Waals surface area contributed by atoms with Crippen LogP contribution in [0.3, 0.4) is 0 Å². The van der Waals surface area contributed by atoms with Gasteiger partial charge in [0.05, 0.1) is 13.3 Å². The second kappa shape index (κ2) is 11.1. The Labute approximate surface area is 170 Å². The minimum absolute atomic E-state index is 0.00756. The van der Waals surface area contributed by atoms with Gasteiger partial charge in [-0.1, -0.05) is 30.2 Å². The average molecular weight is 393 g/mol. The van der Waals surface area contributed by atoms with Gasteiger partial charge in [-0.15, -0.1) is 6.42 Å². The molecule has 2 aromatic rings. The van der Waals surface area contributed by atoms with Gasteiger partial charge >= 0.3 is 0 Å². The first-order chi connectivity index (χ1) is 14.0. The SMILES string of the molecule is C#CCOc1c(C=NNC(=O)CCC(=O)Nc2ccccc2C)cccc1OC. The predicted octanol–water partition coefficient (Wildman–Crippen LogP) is 2.88. The van der Waals surface area contributed by atoms with Crippen molar-refractivity contribution in [2.24, 2.45) is 5.10 Å². The van der Waals surface area contributed by atoms with Gasteiger partial charge < -0.3 is 14.8 Å². The van der Waals surface area contributed by atoms with Crippen LogP contribution in [0.1, 0.15) is 24.0 Å². The summed E-state index contributed by atoms with van der Waals surface area (Å²) in [4.78, 5) is 24.0. The number of benzene rings is 2. The fourth-order valence-corrected chi connectivity index (χ4v) is 2.45. The van der Waals surface area contributed by atoms with Crippen LogP contribution < -0.4 is 20.2 Å². The lowest BCUT2D eigenvalue weighted by Gasteiger charge is -2.11. The maximum absolute atomic E-state index is 12.0. The Balaban J connectivity index is 1.87. The molecule has 29 heavy (non-hydrogen) atoms. The van der Waals surface area contributed by atoms with E-state index in [1.54, 1.807) is 18.2 Å². The van der Waals surface area contributed by atoms with Crippen LogP contribution in [0.25, 0.3) is 0 Å². The summed E-state index contributed by atoms with van der Waals surface area (Å²) in [5.41, 5.74) is 4.68. The van der Waals surface area contributed by atoms with E-state index in [1.165, 1.54) is 13.3 Å². The second-order valence-corrected chi connectivity index (χ2v) is 6.03. The van der Waals surface area contributed by atoms with E-state index in [9.17, 15) is 9.59 Å². The molecule has 0 aliphatic carbocycles. The van der Waals surface area contributed by atoms with Gasteiger partial charge in [-0.2, -0.15) is 5.10 Å². The Kier molecular flexibility index (Phi) is 8.27. The fraction of sp³-hybridized carbons (Fsp3) is 0.227. The number of rotatable bonds is 9. The van der Waals surface area contributed by atoms with Crippen molar-refractivity contribution >= 4 is 23.7 Å². The summed E-state index contributed by atoms with van der Waals surface area (Å²) in [6, 6.07) is 12.7. The first-order valence-corrected chi connectivity index (χ1v) is 8.95. The van der Waals surface area contributed by atoms with Crippen molar-refractivity contribution in [3.05, 3.63) is 53.6 Å². The van der Waals surface area contributed by atoms with Gasteiger partial charge in [0.1, 0.15) is 6.61 Å². The molecule has 0 aliphatic heterocycles. The average Bonchev–Trinajstić information content (AvgIpc) is 2.72. The number of aryl methyl sites for hydroxylation is 1. The Hall–Kier alpha value is -3.79. The van der Waals surface area contributed by atoms with E-state index < -0.39 is 0 Å². The molecule has 0 atom stereocenters. The third kappa shape index (κ3) is 6.70. The van der Waals surface area contributed by atoms with E-state index >= 15 is 0 Å². The molecule has 0 unspecified atom stereocenters. The van der Waals surface area contributed by atoms with Crippen molar-refractivity contribution in [3.63, 3.8) is 0 Å². The second-order valence-electron chi connectivity index (χ2n) is 6.03. The van der Waals surface area contributed by atoms with Crippen molar-refractivity contribution < 1.29 is 19.1 Å². The minimum Gasteiger partial charge on any atom is -0.493 e. The number of para-hydroxylation sites is 2. The van der Waals surface area contributed by atoms with Crippen molar-refractivity contribution in [2.75, 3.05) is 19.0 Å². The predicted molar refractivity (Wildman–Crippen MR) is 112 cm³/mol. The molecule has 2 rings (SSSR count). The zero-order valence-electron chi connectivity index (χ0n) is 16.4. The molecular weight excluding hydrogens is 370 g/mol. The molecule has 2 aromatic carbocycles. The first kappa shape index (κ1) is 21.5. The molecular formula is C22H23N3O4. The number of anilines is 1. The van der Waals surface area contributed by atoms with Crippen LogP contribution in [0.4, 0.5) is 5.69 Å². The van der Waals surface area contributed by atoms with E-state index in [1.807, 2.05) is 31.2 Å². The third-order valence-corrected chi connectivity index (χ3v) is 3.92. The molecule has 0 saturated carbocycles. The van der Waals surface area contributed by atoms with Gasteiger partial charge in [-0.25, -0.2) is 5.43 Å². The summed E-state index contributed by atoms with van der Waals surface area (Å²) in [5.74, 6) is 2.71. The number of terminal acetylenes is 1. The lowest BCUT2D eigenvalue weighted by Crippen LogP contribution is -2.21. The molecule has 0 aromatic heterocycles. The van der Waals surface area contributed by atoms with E-state index in [4.69, 9.17) is 15.9 Å². The summed E-state index contributed by atoms with van der Waals surface area (Å²) in [6.45, 7) is 1.97. The van der Waals surface area contributed by atoms with Crippen LogP contribution in [0.5, 0.6) is 11.5 Å². The molecule has 150 valence electrons. The molecule has 2 N–H and O–H groups in total. The highest BCUT2D eigenvalue weighted by molar-refractivity contribution is 5.94. The molecule has 0 spiro atoms. The Bertz CT molecular complexity index is 932. The van der Waals surface area contributed by atoms with Gasteiger partial charge in [0, 0.05) is 24.1 Å². The number of carbonyl (C=O) groups excluding carboxylic acids is 2. The van der Waals surface area contributed by atoms with Crippen LogP contribution in [0, 0.1) is 19.3 Å². The number of hydrogen-bond donors (Lipinski definition) is 2. The van der Waals surface area contributed by atoms with Crippen molar-refractivity contribution in [2.45, 2.75) is 19.8 Å². The fourth-order valence-electron chi connectivity index (χ4n) is 2.45. The summed E-state index contributed by atoms with van der Waals surface area (Å²) in [7, 11) is 1.52. The van der Waals surface area contributed by atoms with Crippen molar-refractivity contribution in [1.29, 1.82) is 0 Å². The summed E-state index contributed by atoms with van der Waals surface area (Å²) >= 11 is 0. The lowest BCUT2D eigenvalue weighted by molar-refractivity contribution is -0.124. The number of hydrogen-bond acceptors (Lipinski definition) is 5. The number of methoxy groups -OCH3 is 1. The molecule has 0 heterocycles.